The maximum absolute atomic E-state index is 5.69. The van der Waals surface area contributed by atoms with Gasteiger partial charge in [0.2, 0.25) is 6.79 Å². The zero-order valence-corrected chi connectivity index (χ0v) is 15.9. The van der Waals surface area contributed by atoms with Crippen molar-refractivity contribution in [1.29, 1.82) is 0 Å². The van der Waals surface area contributed by atoms with Crippen molar-refractivity contribution in [2.45, 2.75) is 32.0 Å². The number of rotatable bonds is 6. The molecule has 1 N–H and O–H groups in total. The molecule has 3 heterocycles. The third-order valence-electron chi connectivity index (χ3n) is 4.68. The highest BCUT2D eigenvalue weighted by Gasteiger charge is 2.19. The number of hydrogen-bond donors (Lipinski definition) is 1. The van der Waals surface area contributed by atoms with Crippen LogP contribution in [0.15, 0.2) is 42.6 Å². The van der Waals surface area contributed by atoms with Crippen LogP contribution in [0.25, 0.3) is 0 Å². The molecular formula is C20H23N3O3S. The fraction of sp³-hybridized carbons (Fsp3) is 0.400. The summed E-state index contributed by atoms with van der Waals surface area (Å²) in [6.45, 7) is 3.14. The van der Waals surface area contributed by atoms with E-state index in [0.717, 1.165) is 48.7 Å². The van der Waals surface area contributed by atoms with Crippen molar-refractivity contribution in [1.82, 2.24) is 15.2 Å². The number of nitrogens with zero attached hydrogens (tertiary/aromatic N) is 2. The lowest BCUT2D eigenvalue weighted by molar-refractivity contribution is 0.113. The predicted molar refractivity (Wildman–Crippen MR) is 106 cm³/mol. The second-order valence-electron chi connectivity index (χ2n) is 6.69. The van der Waals surface area contributed by atoms with E-state index in [2.05, 4.69) is 15.2 Å². The Balaban J connectivity index is 1.45. The van der Waals surface area contributed by atoms with Gasteiger partial charge in [-0.2, -0.15) is 0 Å². The zero-order valence-electron chi connectivity index (χ0n) is 15.1. The highest BCUT2D eigenvalue weighted by atomic mass is 32.1. The van der Waals surface area contributed by atoms with E-state index in [0.29, 0.717) is 18.2 Å². The lowest BCUT2D eigenvalue weighted by Crippen LogP contribution is -2.42. The SMILES string of the molecule is S=C(NCC1CCCO1)N(Cc1ccc2c(c1)OCO2)Cc1ccccn1. The summed E-state index contributed by atoms with van der Waals surface area (Å²) in [5.41, 5.74) is 2.08. The van der Waals surface area contributed by atoms with E-state index in [1.165, 1.54) is 0 Å². The Morgan fingerprint density at radius 1 is 1.19 bits per heavy atom. The summed E-state index contributed by atoms with van der Waals surface area (Å²) < 4.78 is 16.6. The Kier molecular flexibility index (Phi) is 5.69. The van der Waals surface area contributed by atoms with Gasteiger partial charge in [-0.05, 0) is 54.9 Å². The van der Waals surface area contributed by atoms with E-state index < -0.39 is 0 Å². The summed E-state index contributed by atoms with van der Waals surface area (Å²) >= 11 is 5.68. The van der Waals surface area contributed by atoms with Crippen molar-refractivity contribution in [2.24, 2.45) is 0 Å². The molecule has 2 aliphatic heterocycles. The standard InChI is InChI=1S/C20H23N3O3S/c27-20(22-11-17-5-3-9-24-17)23(13-16-4-1-2-8-21-16)12-15-6-7-18-19(10-15)26-14-25-18/h1-2,4,6-8,10,17H,3,5,9,11-14H2,(H,22,27). The molecule has 2 aliphatic rings. The lowest BCUT2D eigenvalue weighted by Gasteiger charge is -2.26. The van der Waals surface area contributed by atoms with Gasteiger partial charge in [0.15, 0.2) is 16.6 Å². The molecule has 1 unspecified atom stereocenters. The molecule has 0 saturated carbocycles. The van der Waals surface area contributed by atoms with Crippen molar-refractivity contribution in [3.05, 3.63) is 53.9 Å². The Morgan fingerprint density at radius 3 is 2.93 bits per heavy atom. The molecular weight excluding hydrogens is 362 g/mol. The minimum Gasteiger partial charge on any atom is -0.454 e. The second-order valence-corrected chi connectivity index (χ2v) is 7.07. The zero-order chi connectivity index (χ0) is 18.5. The molecule has 1 aromatic carbocycles. The van der Waals surface area contributed by atoms with Crippen molar-refractivity contribution in [3.63, 3.8) is 0 Å². The summed E-state index contributed by atoms with van der Waals surface area (Å²) in [5, 5.41) is 4.07. The van der Waals surface area contributed by atoms with Gasteiger partial charge in [0.1, 0.15) is 0 Å². The Morgan fingerprint density at radius 2 is 2.11 bits per heavy atom. The third-order valence-corrected chi connectivity index (χ3v) is 5.08. The molecule has 1 aromatic heterocycles. The molecule has 7 heteroatoms. The minimum absolute atomic E-state index is 0.241. The highest BCUT2D eigenvalue weighted by Crippen LogP contribution is 2.32. The number of hydrogen-bond acceptors (Lipinski definition) is 5. The van der Waals surface area contributed by atoms with Gasteiger partial charge in [0.25, 0.3) is 0 Å². The van der Waals surface area contributed by atoms with Crippen LogP contribution in [0.1, 0.15) is 24.1 Å². The lowest BCUT2D eigenvalue weighted by atomic mass is 10.2. The average molecular weight is 385 g/mol. The number of pyridine rings is 1. The van der Waals surface area contributed by atoms with E-state index >= 15 is 0 Å². The summed E-state index contributed by atoms with van der Waals surface area (Å²) in [6, 6.07) is 11.9. The molecule has 6 nitrogen and oxygen atoms in total. The van der Waals surface area contributed by atoms with Crippen LogP contribution < -0.4 is 14.8 Å². The first-order valence-electron chi connectivity index (χ1n) is 9.21. The second kappa shape index (κ2) is 8.54. The van der Waals surface area contributed by atoms with Crippen LogP contribution in [0.3, 0.4) is 0 Å². The molecule has 1 saturated heterocycles. The minimum atomic E-state index is 0.241. The summed E-state index contributed by atoms with van der Waals surface area (Å²) in [4.78, 5) is 6.55. The molecule has 0 amide bonds. The fourth-order valence-electron chi connectivity index (χ4n) is 3.26. The van der Waals surface area contributed by atoms with E-state index in [1.54, 1.807) is 6.20 Å². The van der Waals surface area contributed by atoms with Crippen LogP contribution in [0.4, 0.5) is 0 Å². The van der Waals surface area contributed by atoms with Gasteiger partial charge in [-0.25, -0.2) is 0 Å². The Bertz CT molecular complexity index is 781. The van der Waals surface area contributed by atoms with E-state index in [-0.39, 0.29) is 12.9 Å². The Hall–Kier alpha value is -2.38. The van der Waals surface area contributed by atoms with Crippen LogP contribution in [0.2, 0.25) is 0 Å². The monoisotopic (exact) mass is 385 g/mol. The third kappa shape index (κ3) is 4.67. The van der Waals surface area contributed by atoms with E-state index in [1.807, 2.05) is 36.4 Å². The number of nitrogens with one attached hydrogen (secondary N) is 1. The molecule has 27 heavy (non-hydrogen) atoms. The number of thiocarbonyl (C=S) groups is 1. The molecule has 0 bridgehead atoms. The number of aromatic nitrogens is 1. The topological polar surface area (TPSA) is 55.9 Å². The van der Waals surface area contributed by atoms with Gasteiger partial charge in [-0.1, -0.05) is 12.1 Å². The number of ether oxygens (including phenoxy) is 3. The number of fused-ring (bicyclic) bond motifs is 1. The largest absolute Gasteiger partial charge is 0.454 e. The van der Waals surface area contributed by atoms with Crippen molar-refractivity contribution < 1.29 is 14.2 Å². The normalized spacial score (nSPS) is 17.7. The van der Waals surface area contributed by atoms with Crippen LogP contribution in [-0.4, -0.2) is 41.0 Å². The first-order valence-corrected chi connectivity index (χ1v) is 9.61. The van der Waals surface area contributed by atoms with Gasteiger partial charge in [-0.15, -0.1) is 0 Å². The molecule has 2 aromatic rings. The van der Waals surface area contributed by atoms with Crippen molar-refractivity contribution in [3.8, 4) is 11.5 Å². The number of benzene rings is 1. The maximum Gasteiger partial charge on any atom is 0.231 e. The summed E-state index contributed by atoms with van der Waals surface area (Å²) in [7, 11) is 0. The molecule has 0 radical (unpaired) electrons. The summed E-state index contributed by atoms with van der Waals surface area (Å²) in [6.07, 6.45) is 4.24. The highest BCUT2D eigenvalue weighted by molar-refractivity contribution is 7.80. The van der Waals surface area contributed by atoms with Crippen LogP contribution in [0, 0.1) is 0 Å². The van der Waals surface area contributed by atoms with Gasteiger partial charge in [-0.3, -0.25) is 4.98 Å². The fourth-order valence-corrected chi connectivity index (χ4v) is 3.48. The molecule has 4 rings (SSSR count). The van der Waals surface area contributed by atoms with Gasteiger partial charge < -0.3 is 24.4 Å². The van der Waals surface area contributed by atoms with E-state index in [4.69, 9.17) is 26.4 Å². The smallest absolute Gasteiger partial charge is 0.231 e. The molecule has 1 atom stereocenters. The molecule has 0 spiro atoms. The first-order chi connectivity index (χ1) is 13.3. The quantitative estimate of drug-likeness (QED) is 0.768. The van der Waals surface area contributed by atoms with E-state index in [9.17, 15) is 0 Å². The van der Waals surface area contributed by atoms with Crippen LogP contribution in [-0.2, 0) is 17.8 Å². The van der Waals surface area contributed by atoms with Crippen LogP contribution in [0.5, 0.6) is 11.5 Å². The maximum atomic E-state index is 5.69. The predicted octanol–water partition coefficient (Wildman–Crippen LogP) is 2.87. The van der Waals surface area contributed by atoms with Gasteiger partial charge in [0.05, 0.1) is 18.3 Å². The van der Waals surface area contributed by atoms with Crippen molar-refractivity contribution >= 4 is 17.3 Å². The molecule has 0 aliphatic carbocycles. The molecule has 142 valence electrons. The summed E-state index contributed by atoms with van der Waals surface area (Å²) in [5.74, 6) is 1.57. The van der Waals surface area contributed by atoms with Gasteiger partial charge in [0, 0.05) is 25.9 Å². The Labute approximate surface area is 164 Å². The first kappa shape index (κ1) is 18.0. The average Bonchev–Trinajstić information content (AvgIpc) is 3.38. The van der Waals surface area contributed by atoms with Gasteiger partial charge >= 0.3 is 0 Å². The van der Waals surface area contributed by atoms with Crippen LogP contribution >= 0.6 is 12.2 Å². The molecule has 1 fully saturated rings. The van der Waals surface area contributed by atoms with Crippen molar-refractivity contribution in [2.75, 3.05) is 19.9 Å².